The van der Waals surface area contributed by atoms with Crippen LogP contribution in [0, 0.1) is 0 Å². The van der Waals surface area contributed by atoms with E-state index in [1.165, 1.54) is 0 Å². The number of aliphatic carboxylic acids is 1. The fraction of sp³-hybridized carbons (Fsp3) is 0.600. The van der Waals surface area contributed by atoms with Gasteiger partial charge in [0.05, 0.1) is 26.2 Å². The lowest BCUT2D eigenvalue weighted by atomic mass is 10.1. The van der Waals surface area contributed by atoms with Crippen LogP contribution in [0.4, 0.5) is 0 Å². The zero-order valence-electron chi connectivity index (χ0n) is 21.1. The van der Waals surface area contributed by atoms with Crippen molar-refractivity contribution in [1.82, 2.24) is 26.6 Å². The summed E-state index contributed by atoms with van der Waals surface area (Å²) in [7, 11) is 0. The van der Waals surface area contributed by atoms with Crippen molar-refractivity contribution in [3.8, 4) is 0 Å². The number of rotatable bonds is 19. The molecular formula is C20H36N10O9. The number of carboxylic acids is 1. The molecule has 6 amide bonds. The number of amides is 6. The molecule has 0 aromatic heterocycles. The molecule has 0 radical (unpaired) electrons. The van der Waals surface area contributed by atoms with E-state index in [9.17, 15) is 43.8 Å². The third-order valence-corrected chi connectivity index (χ3v) is 4.78. The summed E-state index contributed by atoms with van der Waals surface area (Å²) < 4.78 is 0. The number of aliphatic hydroxyl groups is 1. The average molecular weight is 561 g/mol. The molecule has 15 N–H and O–H groups in total. The van der Waals surface area contributed by atoms with Crippen LogP contribution in [0.5, 0.6) is 0 Å². The first kappa shape index (κ1) is 34.5. The highest BCUT2D eigenvalue weighted by atomic mass is 16.4. The minimum Gasteiger partial charge on any atom is -0.480 e. The summed E-state index contributed by atoms with van der Waals surface area (Å²) in [5.41, 5.74) is 20.6. The Kier molecular flexibility index (Phi) is 16.5. The van der Waals surface area contributed by atoms with Gasteiger partial charge in [0.2, 0.25) is 35.4 Å². The van der Waals surface area contributed by atoms with Crippen LogP contribution in [-0.4, -0.2) is 108 Å². The van der Waals surface area contributed by atoms with Gasteiger partial charge in [-0.05, 0) is 19.3 Å². The molecule has 0 spiro atoms. The Labute approximate surface area is 222 Å². The van der Waals surface area contributed by atoms with Gasteiger partial charge in [0.1, 0.15) is 18.1 Å². The molecule has 39 heavy (non-hydrogen) atoms. The molecule has 220 valence electrons. The summed E-state index contributed by atoms with van der Waals surface area (Å²) >= 11 is 0. The second-order valence-corrected chi connectivity index (χ2v) is 7.97. The highest BCUT2D eigenvalue weighted by Gasteiger charge is 2.26. The molecule has 0 heterocycles. The number of hydrogen-bond acceptors (Lipinski definition) is 10. The molecule has 19 nitrogen and oxygen atoms in total. The Morgan fingerprint density at radius 1 is 0.744 bits per heavy atom. The third-order valence-electron chi connectivity index (χ3n) is 4.78. The van der Waals surface area contributed by atoms with Crippen LogP contribution < -0.4 is 49.5 Å². The van der Waals surface area contributed by atoms with Gasteiger partial charge >= 0.3 is 5.97 Å². The Bertz CT molecular complexity index is 924. The fourth-order valence-corrected chi connectivity index (χ4v) is 2.81. The average Bonchev–Trinajstić information content (AvgIpc) is 2.87. The maximum Gasteiger partial charge on any atom is 0.326 e. The number of hydrogen-bond donors (Lipinski definition) is 11. The summed E-state index contributed by atoms with van der Waals surface area (Å²) in [6.45, 7) is -2.43. The van der Waals surface area contributed by atoms with Crippen LogP contribution in [0.15, 0.2) is 4.99 Å². The molecule has 0 aromatic carbocycles. The SMILES string of the molecule is NCC(=O)N[C@@H](CCC(N)=O)C(=O)NCC(=O)NCC(=O)N[C@@H](CO)C(=O)N[C@@H](CCCN=C(N)N)C(=O)O. The van der Waals surface area contributed by atoms with Gasteiger partial charge in [-0.25, -0.2) is 4.79 Å². The maximum atomic E-state index is 12.3. The van der Waals surface area contributed by atoms with E-state index in [0.717, 1.165) is 0 Å². The maximum absolute atomic E-state index is 12.3. The predicted molar refractivity (Wildman–Crippen MR) is 134 cm³/mol. The van der Waals surface area contributed by atoms with Crippen LogP contribution in [0.1, 0.15) is 25.7 Å². The number of carbonyl (C=O) groups is 7. The van der Waals surface area contributed by atoms with E-state index in [1.54, 1.807) is 0 Å². The molecule has 19 heteroatoms. The first-order valence-electron chi connectivity index (χ1n) is 11.6. The molecule has 0 aliphatic rings. The molecular weight excluding hydrogens is 524 g/mol. The zero-order chi connectivity index (χ0) is 30.0. The van der Waals surface area contributed by atoms with Crippen molar-refractivity contribution in [1.29, 1.82) is 0 Å². The fourth-order valence-electron chi connectivity index (χ4n) is 2.81. The Morgan fingerprint density at radius 3 is 1.90 bits per heavy atom. The largest absolute Gasteiger partial charge is 0.480 e. The highest BCUT2D eigenvalue weighted by Crippen LogP contribution is 2.00. The summed E-state index contributed by atoms with van der Waals surface area (Å²) in [4.78, 5) is 86.2. The molecule has 0 bridgehead atoms. The van der Waals surface area contributed by atoms with E-state index in [1.807, 2.05) is 0 Å². The lowest BCUT2D eigenvalue weighted by Gasteiger charge is -2.20. The van der Waals surface area contributed by atoms with Gasteiger partial charge in [0.15, 0.2) is 5.96 Å². The van der Waals surface area contributed by atoms with Crippen molar-refractivity contribution in [2.75, 3.05) is 32.8 Å². The molecule has 3 atom stereocenters. The summed E-state index contributed by atoms with van der Waals surface area (Å²) in [5, 5.41) is 29.7. The number of nitrogens with zero attached hydrogens (tertiary/aromatic N) is 1. The topological polar surface area (TPSA) is 337 Å². The van der Waals surface area contributed by atoms with Gasteiger partial charge in [-0.15, -0.1) is 0 Å². The van der Waals surface area contributed by atoms with Crippen molar-refractivity contribution in [3.63, 3.8) is 0 Å². The number of nitrogens with two attached hydrogens (primary N) is 4. The lowest BCUT2D eigenvalue weighted by molar-refractivity contribution is -0.142. The zero-order valence-corrected chi connectivity index (χ0v) is 21.1. The molecule has 0 saturated heterocycles. The number of aliphatic hydroxyl groups excluding tert-OH is 1. The van der Waals surface area contributed by atoms with E-state index in [4.69, 9.17) is 22.9 Å². The van der Waals surface area contributed by atoms with Crippen molar-refractivity contribution in [2.45, 2.75) is 43.8 Å². The normalized spacial score (nSPS) is 12.6. The number of carbonyl (C=O) groups excluding carboxylic acids is 6. The van der Waals surface area contributed by atoms with E-state index in [2.05, 4.69) is 31.6 Å². The number of carboxylic acid groups (broad SMARTS) is 1. The molecule has 0 aliphatic carbocycles. The Balaban J connectivity index is 4.72. The Hall–Kier alpha value is -4.52. The van der Waals surface area contributed by atoms with Crippen molar-refractivity contribution < 1.29 is 43.8 Å². The van der Waals surface area contributed by atoms with Crippen LogP contribution >= 0.6 is 0 Å². The first-order valence-corrected chi connectivity index (χ1v) is 11.6. The Morgan fingerprint density at radius 2 is 1.36 bits per heavy atom. The van der Waals surface area contributed by atoms with Gasteiger partial charge in [-0.3, -0.25) is 33.8 Å². The number of primary amides is 1. The van der Waals surface area contributed by atoms with E-state index >= 15 is 0 Å². The van der Waals surface area contributed by atoms with Gasteiger partial charge in [0, 0.05) is 13.0 Å². The minimum absolute atomic E-state index is 0.0367. The molecule has 0 unspecified atom stereocenters. The molecule has 0 rings (SSSR count). The van der Waals surface area contributed by atoms with Gasteiger partial charge < -0.3 is 59.7 Å². The summed E-state index contributed by atoms with van der Waals surface area (Å²) in [6.07, 6.45) is -0.176. The van der Waals surface area contributed by atoms with Crippen molar-refractivity contribution >= 4 is 47.4 Å². The summed E-state index contributed by atoms with van der Waals surface area (Å²) in [6, 6.07) is -4.05. The van der Waals surface area contributed by atoms with E-state index in [0.29, 0.717) is 0 Å². The van der Waals surface area contributed by atoms with Crippen molar-refractivity contribution in [3.05, 3.63) is 0 Å². The molecule has 0 aromatic rings. The number of aliphatic imine (C=N–C) groups is 1. The summed E-state index contributed by atoms with van der Waals surface area (Å²) in [5.74, 6) is -6.44. The van der Waals surface area contributed by atoms with Crippen LogP contribution in [-0.2, 0) is 33.6 Å². The van der Waals surface area contributed by atoms with Gasteiger partial charge in [0.25, 0.3) is 0 Å². The second-order valence-electron chi connectivity index (χ2n) is 7.97. The third kappa shape index (κ3) is 16.0. The minimum atomic E-state index is -1.52. The quantitative estimate of drug-likeness (QED) is 0.0399. The van der Waals surface area contributed by atoms with Crippen molar-refractivity contribution in [2.24, 2.45) is 27.9 Å². The predicted octanol–water partition coefficient (Wildman–Crippen LogP) is -6.97. The number of nitrogens with one attached hydrogen (secondary N) is 5. The second kappa shape index (κ2) is 18.7. The molecule has 0 aliphatic heterocycles. The lowest BCUT2D eigenvalue weighted by Crippen LogP contribution is -2.55. The van der Waals surface area contributed by atoms with E-state index < -0.39 is 85.8 Å². The van der Waals surface area contributed by atoms with Crippen LogP contribution in [0.3, 0.4) is 0 Å². The van der Waals surface area contributed by atoms with Gasteiger partial charge in [-0.2, -0.15) is 0 Å². The number of guanidine groups is 1. The monoisotopic (exact) mass is 560 g/mol. The first-order chi connectivity index (χ1) is 18.3. The smallest absolute Gasteiger partial charge is 0.326 e. The standard InChI is InChI=1S/C20H36N10O9/c21-6-14(33)28-10(3-4-13(22)32)17(36)27-7-15(34)26-8-16(35)29-12(9-31)18(37)30-11(19(38)39)2-1-5-25-20(23)24/h10-12,31H,1-9,21H2,(H2,22,32)(H,26,34)(H,27,36)(H,28,33)(H,29,35)(H,30,37)(H,38,39)(H4,23,24,25)/t10-,11-,12-/m0/s1. The molecule has 0 fully saturated rings. The van der Waals surface area contributed by atoms with Crippen LogP contribution in [0.2, 0.25) is 0 Å². The van der Waals surface area contributed by atoms with Gasteiger partial charge in [-0.1, -0.05) is 0 Å². The van der Waals surface area contributed by atoms with Crippen LogP contribution in [0.25, 0.3) is 0 Å². The van der Waals surface area contributed by atoms with E-state index in [-0.39, 0.29) is 38.2 Å². The molecule has 0 saturated carbocycles. The highest BCUT2D eigenvalue weighted by molar-refractivity contribution is 5.94.